The highest BCUT2D eigenvalue weighted by atomic mass is 127. The Kier molecular flexibility index (Phi) is 9.38. The Bertz CT molecular complexity index is 377. The lowest BCUT2D eigenvalue weighted by Gasteiger charge is -2.14. The summed E-state index contributed by atoms with van der Waals surface area (Å²) >= 11 is 0. The molecule has 0 unspecified atom stereocenters. The van der Waals surface area contributed by atoms with E-state index in [1.807, 2.05) is 12.1 Å². The molecule has 0 atom stereocenters. The van der Waals surface area contributed by atoms with Crippen LogP contribution in [-0.2, 0) is 6.42 Å². The van der Waals surface area contributed by atoms with Crippen molar-refractivity contribution in [2.75, 3.05) is 20.7 Å². The molecule has 5 heteroatoms. The molecule has 0 saturated carbocycles. The van der Waals surface area contributed by atoms with E-state index in [-0.39, 0.29) is 24.0 Å². The summed E-state index contributed by atoms with van der Waals surface area (Å²) in [6.07, 6.45) is 0.961. The van der Waals surface area contributed by atoms with Gasteiger partial charge in [-0.15, -0.1) is 24.0 Å². The van der Waals surface area contributed by atoms with Gasteiger partial charge in [-0.2, -0.15) is 0 Å². The zero-order chi connectivity index (χ0) is 13.4. The lowest BCUT2D eigenvalue weighted by Crippen LogP contribution is -2.41. The number of rotatable bonds is 5. The van der Waals surface area contributed by atoms with E-state index < -0.39 is 0 Å². The van der Waals surface area contributed by atoms with Gasteiger partial charge in [0, 0.05) is 19.6 Å². The van der Waals surface area contributed by atoms with Crippen LogP contribution in [-0.4, -0.2) is 32.7 Å². The SMILES string of the molecule is CN=C(NCCc1ccc(OC)cc1)NC(C)C.I. The van der Waals surface area contributed by atoms with Gasteiger partial charge in [0.1, 0.15) is 5.75 Å². The fourth-order valence-electron chi connectivity index (χ4n) is 1.59. The van der Waals surface area contributed by atoms with Gasteiger partial charge in [-0.3, -0.25) is 4.99 Å². The van der Waals surface area contributed by atoms with Crippen molar-refractivity contribution in [3.63, 3.8) is 0 Å². The van der Waals surface area contributed by atoms with E-state index in [0.29, 0.717) is 6.04 Å². The third-order valence-electron chi connectivity index (χ3n) is 2.51. The van der Waals surface area contributed by atoms with Crippen LogP contribution in [0.2, 0.25) is 0 Å². The highest BCUT2D eigenvalue weighted by Crippen LogP contribution is 2.11. The number of halogens is 1. The van der Waals surface area contributed by atoms with Gasteiger partial charge in [0.15, 0.2) is 5.96 Å². The fraction of sp³-hybridized carbons (Fsp3) is 0.500. The Hall–Kier alpha value is -0.980. The first-order valence-electron chi connectivity index (χ1n) is 6.26. The first-order chi connectivity index (χ1) is 8.65. The number of hydrogen-bond acceptors (Lipinski definition) is 2. The smallest absolute Gasteiger partial charge is 0.191 e. The predicted octanol–water partition coefficient (Wildman–Crippen LogP) is 2.43. The maximum atomic E-state index is 5.13. The van der Waals surface area contributed by atoms with Gasteiger partial charge in [-0.05, 0) is 38.0 Å². The van der Waals surface area contributed by atoms with Crippen LogP contribution in [0.4, 0.5) is 0 Å². The van der Waals surface area contributed by atoms with E-state index in [1.54, 1.807) is 14.2 Å². The van der Waals surface area contributed by atoms with Crippen molar-refractivity contribution in [3.05, 3.63) is 29.8 Å². The van der Waals surface area contributed by atoms with Gasteiger partial charge in [-0.1, -0.05) is 12.1 Å². The summed E-state index contributed by atoms with van der Waals surface area (Å²) in [4.78, 5) is 4.16. The molecule has 0 spiro atoms. The molecule has 0 saturated heterocycles. The summed E-state index contributed by atoms with van der Waals surface area (Å²) in [5.74, 6) is 1.74. The van der Waals surface area contributed by atoms with E-state index in [0.717, 1.165) is 24.7 Å². The lowest BCUT2D eigenvalue weighted by molar-refractivity contribution is 0.414. The fourth-order valence-corrected chi connectivity index (χ4v) is 1.59. The van der Waals surface area contributed by atoms with Crippen LogP contribution in [0.5, 0.6) is 5.75 Å². The van der Waals surface area contributed by atoms with Crippen molar-refractivity contribution >= 4 is 29.9 Å². The van der Waals surface area contributed by atoms with Crippen molar-refractivity contribution in [1.29, 1.82) is 0 Å². The molecule has 0 fully saturated rings. The van der Waals surface area contributed by atoms with Gasteiger partial charge in [0.25, 0.3) is 0 Å². The molecule has 0 aromatic heterocycles. The number of benzene rings is 1. The summed E-state index contributed by atoms with van der Waals surface area (Å²) in [7, 11) is 3.46. The first-order valence-corrected chi connectivity index (χ1v) is 6.26. The Balaban J connectivity index is 0.00000324. The van der Waals surface area contributed by atoms with E-state index in [9.17, 15) is 0 Å². The summed E-state index contributed by atoms with van der Waals surface area (Å²) in [5, 5.41) is 6.54. The van der Waals surface area contributed by atoms with Crippen LogP contribution in [0.1, 0.15) is 19.4 Å². The van der Waals surface area contributed by atoms with Gasteiger partial charge in [-0.25, -0.2) is 0 Å². The quantitative estimate of drug-likeness (QED) is 0.471. The molecule has 1 rings (SSSR count). The maximum absolute atomic E-state index is 5.13. The molecule has 0 heterocycles. The Morgan fingerprint density at radius 2 is 1.89 bits per heavy atom. The number of guanidine groups is 1. The second-order valence-corrected chi connectivity index (χ2v) is 4.40. The van der Waals surface area contributed by atoms with Crippen molar-refractivity contribution in [1.82, 2.24) is 10.6 Å². The number of hydrogen-bond donors (Lipinski definition) is 2. The Morgan fingerprint density at radius 3 is 2.37 bits per heavy atom. The lowest BCUT2D eigenvalue weighted by atomic mass is 10.1. The van der Waals surface area contributed by atoms with Crippen LogP contribution >= 0.6 is 24.0 Å². The summed E-state index contributed by atoms with van der Waals surface area (Å²) in [6.45, 7) is 5.05. The molecule has 1 aromatic carbocycles. The molecule has 19 heavy (non-hydrogen) atoms. The zero-order valence-corrected chi connectivity index (χ0v) is 14.4. The maximum Gasteiger partial charge on any atom is 0.191 e. The van der Waals surface area contributed by atoms with Gasteiger partial charge < -0.3 is 15.4 Å². The average Bonchev–Trinajstić information content (AvgIpc) is 2.38. The molecular formula is C14H24IN3O. The standard InChI is InChI=1S/C14H23N3O.HI/c1-11(2)17-14(15-3)16-10-9-12-5-7-13(18-4)8-6-12;/h5-8,11H,9-10H2,1-4H3,(H2,15,16,17);1H. The van der Waals surface area contributed by atoms with Gasteiger partial charge >= 0.3 is 0 Å². The minimum Gasteiger partial charge on any atom is -0.497 e. The minimum atomic E-state index is 0. The molecule has 4 nitrogen and oxygen atoms in total. The normalized spacial score (nSPS) is 10.9. The van der Waals surface area contributed by atoms with Crippen molar-refractivity contribution in [2.45, 2.75) is 26.3 Å². The molecule has 2 N–H and O–H groups in total. The molecule has 0 aliphatic carbocycles. The van der Waals surface area contributed by atoms with Crippen molar-refractivity contribution < 1.29 is 4.74 Å². The minimum absolute atomic E-state index is 0. The third-order valence-corrected chi connectivity index (χ3v) is 2.51. The van der Waals surface area contributed by atoms with Gasteiger partial charge in [0.05, 0.1) is 7.11 Å². The Morgan fingerprint density at radius 1 is 1.26 bits per heavy atom. The number of nitrogens with one attached hydrogen (secondary N) is 2. The first kappa shape index (κ1) is 18.0. The zero-order valence-electron chi connectivity index (χ0n) is 12.1. The molecular weight excluding hydrogens is 353 g/mol. The third kappa shape index (κ3) is 7.25. The van der Waals surface area contributed by atoms with Crippen LogP contribution in [0.3, 0.4) is 0 Å². The highest BCUT2D eigenvalue weighted by Gasteiger charge is 1.99. The number of ether oxygens (including phenoxy) is 1. The molecule has 108 valence electrons. The van der Waals surface area contributed by atoms with Crippen LogP contribution in [0.25, 0.3) is 0 Å². The number of aliphatic imine (C=N–C) groups is 1. The second kappa shape index (κ2) is 9.89. The van der Waals surface area contributed by atoms with Crippen LogP contribution < -0.4 is 15.4 Å². The average molecular weight is 377 g/mol. The van der Waals surface area contributed by atoms with Gasteiger partial charge in [0.2, 0.25) is 0 Å². The monoisotopic (exact) mass is 377 g/mol. The summed E-state index contributed by atoms with van der Waals surface area (Å²) in [6, 6.07) is 8.52. The number of methoxy groups -OCH3 is 1. The van der Waals surface area contributed by atoms with Crippen molar-refractivity contribution in [2.24, 2.45) is 4.99 Å². The Labute approximate surface area is 133 Å². The molecule has 0 aliphatic rings. The van der Waals surface area contributed by atoms with E-state index >= 15 is 0 Å². The second-order valence-electron chi connectivity index (χ2n) is 4.40. The van der Waals surface area contributed by atoms with Crippen LogP contribution in [0.15, 0.2) is 29.3 Å². The molecule has 0 aliphatic heterocycles. The molecule has 0 amide bonds. The van der Waals surface area contributed by atoms with E-state index in [2.05, 4.69) is 41.6 Å². The van der Waals surface area contributed by atoms with Crippen LogP contribution in [0, 0.1) is 0 Å². The summed E-state index contributed by atoms with van der Waals surface area (Å²) in [5.41, 5.74) is 1.28. The topological polar surface area (TPSA) is 45.7 Å². The number of nitrogens with zero attached hydrogens (tertiary/aromatic N) is 1. The highest BCUT2D eigenvalue weighted by molar-refractivity contribution is 14.0. The largest absolute Gasteiger partial charge is 0.497 e. The van der Waals surface area contributed by atoms with Crippen molar-refractivity contribution in [3.8, 4) is 5.75 Å². The van der Waals surface area contributed by atoms with E-state index in [4.69, 9.17) is 4.74 Å². The van der Waals surface area contributed by atoms with E-state index in [1.165, 1.54) is 5.56 Å². The predicted molar refractivity (Wildman–Crippen MR) is 91.7 cm³/mol. The summed E-state index contributed by atoms with van der Waals surface area (Å²) < 4.78 is 5.13. The molecule has 0 radical (unpaired) electrons. The molecule has 0 bridgehead atoms. The molecule has 1 aromatic rings.